The first kappa shape index (κ1) is 15.2. The first-order valence-electron chi connectivity index (χ1n) is 6.73. The highest BCUT2D eigenvalue weighted by molar-refractivity contribution is 7.12. The molecule has 112 valence electrons. The Hall–Kier alpha value is -2.15. The van der Waals surface area contributed by atoms with Crippen LogP contribution in [0.15, 0.2) is 24.3 Å². The average Bonchev–Trinajstić information content (AvgIpc) is 2.86. The van der Waals surface area contributed by atoms with Gasteiger partial charge in [0.15, 0.2) is 0 Å². The van der Waals surface area contributed by atoms with Gasteiger partial charge in [-0.25, -0.2) is 4.98 Å². The second-order valence-electron chi connectivity index (χ2n) is 4.67. The smallest absolute Gasteiger partial charge is 0.311 e. The maximum absolute atomic E-state index is 11.1. The fourth-order valence-corrected chi connectivity index (χ4v) is 2.83. The molecule has 0 fully saturated rings. The summed E-state index contributed by atoms with van der Waals surface area (Å²) in [5.74, 6) is 0.914. The van der Waals surface area contributed by atoms with E-state index in [1.165, 1.54) is 10.9 Å². The van der Waals surface area contributed by atoms with E-state index in [1.807, 2.05) is 32.9 Å². The van der Waals surface area contributed by atoms with Crippen LogP contribution < -0.4 is 10.6 Å². The van der Waals surface area contributed by atoms with Gasteiger partial charge < -0.3 is 10.6 Å². The monoisotopic (exact) mass is 306 g/mol. The third-order valence-electron chi connectivity index (χ3n) is 2.97. The van der Waals surface area contributed by atoms with Gasteiger partial charge in [0, 0.05) is 22.4 Å². The Kier molecular flexibility index (Phi) is 4.74. The summed E-state index contributed by atoms with van der Waals surface area (Å²) in [7, 11) is 0. The van der Waals surface area contributed by atoms with Crippen molar-refractivity contribution < 1.29 is 4.92 Å². The van der Waals surface area contributed by atoms with Crippen LogP contribution in [0.1, 0.15) is 29.6 Å². The van der Waals surface area contributed by atoms with E-state index in [2.05, 4.69) is 15.6 Å². The van der Waals surface area contributed by atoms with Crippen molar-refractivity contribution >= 4 is 28.7 Å². The molecule has 2 N–H and O–H groups in total. The van der Waals surface area contributed by atoms with Gasteiger partial charge in [-0.1, -0.05) is 0 Å². The summed E-state index contributed by atoms with van der Waals surface area (Å²) in [6, 6.07) is 7.12. The number of thiophene rings is 1. The molecule has 0 radical (unpaired) electrons. The maximum Gasteiger partial charge on any atom is 0.311 e. The second-order valence-corrected chi connectivity index (χ2v) is 5.99. The van der Waals surface area contributed by atoms with E-state index in [1.54, 1.807) is 17.4 Å². The second kappa shape index (κ2) is 6.53. The van der Waals surface area contributed by atoms with E-state index in [-0.39, 0.29) is 17.5 Å². The molecule has 2 aromatic rings. The molecule has 0 spiro atoms. The number of nitrogens with one attached hydrogen (secondary N) is 2. The molecule has 0 bridgehead atoms. The van der Waals surface area contributed by atoms with Crippen LogP contribution in [-0.2, 0) is 0 Å². The molecule has 0 aliphatic rings. The van der Waals surface area contributed by atoms with E-state index in [0.29, 0.717) is 12.4 Å². The molecule has 0 aliphatic heterocycles. The topological polar surface area (TPSA) is 80.1 Å². The lowest BCUT2D eigenvalue weighted by atomic mass is 10.2. The van der Waals surface area contributed by atoms with Crippen LogP contribution in [0, 0.1) is 17.0 Å². The normalized spacial score (nSPS) is 12.0. The summed E-state index contributed by atoms with van der Waals surface area (Å²) in [6.07, 6.45) is 0. The zero-order valence-corrected chi connectivity index (χ0v) is 13.0. The van der Waals surface area contributed by atoms with Gasteiger partial charge in [0.1, 0.15) is 5.82 Å². The molecule has 2 heterocycles. The molecule has 2 rings (SSSR count). The number of hydrogen-bond acceptors (Lipinski definition) is 6. The summed E-state index contributed by atoms with van der Waals surface area (Å²) in [4.78, 5) is 17.3. The third kappa shape index (κ3) is 3.69. The summed E-state index contributed by atoms with van der Waals surface area (Å²) in [6.45, 7) is 6.67. The van der Waals surface area contributed by atoms with E-state index >= 15 is 0 Å². The number of pyridine rings is 1. The zero-order valence-electron chi connectivity index (χ0n) is 12.2. The first-order valence-corrected chi connectivity index (χ1v) is 7.55. The third-order valence-corrected chi connectivity index (χ3v) is 4.15. The number of nitro groups is 1. The molecule has 0 aromatic carbocycles. The number of nitrogens with zero attached hydrogens (tertiary/aromatic N) is 2. The van der Waals surface area contributed by atoms with Crippen molar-refractivity contribution in [3.8, 4) is 0 Å². The lowest BCUT2D eigenvalue weighted by Crippen LogP contribution is -2.10. The van der Waals surface area contributed by atoms with E-state index in [0.717, 1.165) is 4.88 Å². The Morgan fingerprint density at radius 3 is 2.71 bits per heavy atom. The zero-order chi connectivity index (χ0) is 15.4. The Morgan fingerprint density at radius 1 is 1.38 bits per heavy atom. The molecule has 7 heteroatoms. The average molecular weight is 306 g/mol. The fraction of sp³-hybridized carbons (Fsp3) is 0.357. The first-order chi connectivity index (χ1) is 10.0. The van der Waals surface area contributed by atoms with Gasteiger partial charge in [-0.05, 0) is 39.0 Å². The molecule has 21 heavy (non-hydrogen) atoms. The highest BCUT2D eigenvalue weighted by Gasteiger charge is 2.19. The summed E-state index contributed by atoms with van der Waals surface area (Å²) in [5.41, 5.74) is -0.0169. The quantitative estimate of drug-likeness (QED) is 0.623. The van der Waals surface area contributed by atoms with Crippen LogP contribution in [0.2, 0.25) is 0 Å². The van der Waals surface area contributed by atoms with Crippen LogP contribution in [0.4, 0.5) is 17.3 Å². The van der Waals surface area contributed by atoms with Crippen LogP contribution >= 0.6 is 11.3 Å². The van der Waals surface area contributed by atoms with Gasteiger partial charge in [-0.3, -0.25) is 10.1 Å². The van der Waals surface area contributed by atoms with Crippen molar-refractivity contribution in [2.24, 2.45) is 0 Å². The van der Waals surface area contributed by atoms with Crippen LogP contribution in [0.5, 0.6) is 0 Å². The molecular formula is C14H18N4O2S. The van der Waals surface area contributed by atoms with Crippen LogP contribution in [0.25, 0.3) is 0 Å². The van der Waals surface area contributed by atoms with Crippen molar-refractivity contribution in [1.82, 2.24) is 4.98 Å². The lowest BCUT2D eigenvalue weighted by Gasteiger charge is -2.14. The maximum atomic E-state index is 11.1. The Labute approximate surface area is 127 Å². The van der Waals surface area contributed by atoms with Gasteiger partial charge in [-0.15, -0.1) is 11.3 Å². The van der Waals surface area contributed by atoms with E-state index in [9.17, 15) is 10.1 Å². The minimum absolute atomic E-state index is 0.0169. The Morgan fingerprint density at radius 2 is 2.14 bits per heavy atom. The highest BCUT2D eigenvalue weighted by atomic mass is 32.1. The van der Waals surface area contributed by atoms with Gasteiger partial charge in [0.25, 0.3) is 0 Å². The number of aryl methyl sites for hydroxylation is 1. The van der Waals surface area contributed by atoms with E-state index in [4.69, 9.17) is 0 Å². The molecular weight excluding hydrogens is 288 g/mol. The summed E-state index contributed by atoms with van der Waals surface area (Å²) < 4.78 is 0. The Balaban J connectivity index is 2.27. The largest absolute Gasteiger partial charge is 0.370 e. The van der Waals surface area contributed by atoms with Gasteiger partial charge in [-0.2, -0.15) is 0 Å². The fourth-order valence-electron chi connectivity index (χ4n) is 1.95. The number of aromatic nitrogens is 1. The molecule has 1 atom stereocenters. The minimum atomic E-state index is -0.419. The number of hydrogen-bond donors (Lipinski definition) is 2. The van der Waals surface area contributed by atoms with Crippen molar-refractivity contribution in [2.45, 2.75) is 26.8 Å². The van der Waals surface area contributed by atoms with Crippen molar-refractivity contribution in [3.63, 3.8) is 0 Å². The van der Waals surface area contributed by atoms with Crippen LogP contribution in [0.3, 0.4) is 0 Å². The molecule has 0 saturated heterocycles. The molecule has 1 unspecified atom stereocenters. The van der Waals surface area contributed by atoms with Crippen molar-refractivity contribution in [1.29, 1.82) is 0 Å². The SMILES string of the molecule is CCNc1ccc([N+](=O)[O-])c(NC(C)c2ccc(C)s2)n1. The predicted molar refractivity (Wildman–Crippen MR) is 86.1 cm³/mol. The molecule has 0 aliphatic carbocycles. The number of rotatable bonds is 6. The van der Waals surface area contributed by atoms with Gasteiger partial charge in [0.2, 0.25) is 5.82 Å². The molecule has 0 saturated carbocycles. The molecule has 0 amide bonds. The highest BCUT2D eigenvalue weighted by Crippen LogP contribution is 2.30. The summed E-state index contributed by atoms with van der Waals surface area (Å²) in [5, 5.41) is 17.3. The lowest BCUT2D eigenvalue weighted by molar-refractivity contribution is -0.384. The molecule has 6 nitrogen and oxygen atoms in total. The van der Waals surface area contributed by atoms with E-state index < -0.39 is 4.92 Å². The van der Waals surface area contributed by atoms with Crippen molar-refractivity contribution in [3.05, 3.63) is 44.1 Å². The van der Waals surface area contributed by atoms with Gasteiger partial charge in [0.05, 0.1) is 11.0 Å². The van der Waals surface area contributed by atoms with Crippen molar-refractivity contribution in [2.75, 3.05) is 17.2 Å². The number of anilines is 2. The van der Waals surface area contributed by atoms with Gasteiger partial charge >= 0.3 is 5.69 Å². The molecule has 2 aromatic heterocycles. The summed E-state index contributed by atoms with van der Waals surface area (Å²) >= 11 is 1.67. The Bertz CT molecular complexity index is 642. The standard InChI is InChI=1S/C14H18N4O2S/c1-4-15-13-8-6-11(18(19)20)14(17-13)16-10(3)12-7-5-9(2)21-12/h5-8,10H,4H2,1-3H3,(H2,15,16,17). The predicted octanol–water partition coefficient (Wildman–Crippen LogP) is 3.96. The minimum Gasteiger partial charge on any atom is -0.370 e. The van der Waals surface area contributed by atoms with Crippen LogP contribution in [-0.4, -0.2) is 16.5 Å².